The van der Waals surface area contributed by atoms with Crippen LogP contribution in [0, 0.1) is 5.92 Å². The van der Waals surface area contributed by atoms with Crippen molar-refractivity contribution in [2.75, 3.05) is 11.9 Å². The molecule has 1 fully saturated rings. The Bertz CT molecular complexity index is 488. The molecule has 1 aromatic carbocycles. The van der Waals surface area contributed by atoms with Crippen molar-refractivity contribution in [2.45, 2.75) is 32.0 Å². The predicted molar refractivity (Wildman–Crippen MR) is 70.3 cm³/mol. The first kappa shape index (κ1) is 14.8. The smallest absolute Gasteiger partial charge is 0.325 e. The standard InChI is InChI=1S/C14H17F3N2O/c1-9-8-10(6-7-18-9)13(20)19-12-5-3-2-4-11(12)14(15,16)17/h2-5,9-10,18H,6-8H2,1H3,(H,19,20). The number of rotatable bonds is 2. The fraction of sp³-hybridized carbons (Fsp3) is 0.500. The second-order valence-corrected chi connectivity index (χ2v) is 5.11. The second kappa shape index (κ2) is 5.83. The van der Waals surface area contributed by atoms with Gasteiger partial charge in [-0.2, -0.15) is 13.2 Å². The van der Waals surface area contributed by atoms with Crippen molar-refractivity contribution in [2.24, 2.45) is 5.92 Å². The van der Waals surface area contributed by atoms with Crippen LogP contribution in [0.5, 0.6) is 0 Å². The van der Waals surface area contributed by atoms with Crippen LogP contribution in [0.4, 0.5) is 18.9 Å². The Morgan fingerprint density at radius 3 is 2.70 bits per heavy atom. The summed E-state index contributed by atoms with van der Waals surface area (Å²) in [5.74, 6) is -0.581. The number of nitrogens with one attached hydrogen (secondary N) is 2. The van der Waals surface area contributed by atoms with E-state index in [1.54, 1.807) is 0 Å². The topological polar surface area (TPSA) is 41.1 Å². The zero-order valence-electron chi connectivity index (χ0n) is 11.1. The summed E-state index contributed by atoms with van der Waals surface area (Å²) in [6, 6.07) is 5.25. The van der Waals surface area contributed by atoms with Crippen LogP contribution >= 0.6 is 0 Å². The molecule has 2 rings (SSSR count). The Hall–Kier alpha value is -1.56. The van der Waals surface area contributed by atoms with E-state index in [2.05, 4.69) is 10.6 Å². The van der Waals surface area contributed by atoms with Gasteiger partial charge in [0.2, 0.25) is 5.91 Å². The first-order chi connectivity index (χ1) is 9.38. The van der Waals surface area contributed by atoms with E-state index >= 15 is 0 Å². The van der Waals surface area contributed by atoms with Gasteiger partial charge in [0.05, 0.1) is 11.3 Å². The van der Waals surface area contributed by atoms with E-state index in [4.69, 9.17) is 0 Å². The van der Waals surface area contributed by atoms with Crippen LogP contribution in [0.25, 0.3) is 0 Å². The van der Waals surface area contributed by atoms with Gasteiger partial charge in [-0.25, -0.2) is 0 Å². The van der Waals surface area contributed by atoms with Crippen LogP contribution < -0.4 is 10.6 Å². The Labute approximate surface area is 115 Å². The summed E-state index contributed by atoms with van der Waals surface area (Å²) >= 11 is 0. The molecule has 0 bridgehead atoms. The van der Waals surface area contributed by atoms with Crippen LogP contribution in [0.15, 0.2) is 24.3 Å². The Kier molecular flexibility index (Phi) is 4.32. The van der Waals surface area contributed by atoms with Crippen LogP contribution in [0.1, 0.15) is 25.3 Å². The van der Waals surface area contributed by atoms with Crippen molar-refractivity contribution in [3.05, 3.63) is 29.8 Å². The molecule has 110 valence electrons. The summed E-state index contributed by atoms with van der Waals surface area (Å²) in [6.45, 7) is 2.67. The average molecular weight is 286 g/mol. The summed E-state index contributed by atoms with van der Waals surface area (Å²) in [5.41, 5.74) is -0.980. The summed E-state index contributed by atoms with van der Waals surface area (Å²) in [7, 11) is 0. The second-order valence-electron chi connectivity index (χ2n) is 5.11. The number of alkyl halides is 3. The fourth-order valence-corrected chi connectivity index (χ4v) is 2.44. The number of anilines is 1. The Morgan fingerprint density at radius 2 is 2.05 bits per heavy atom. The molecular weight excluding hydrogens is 269 g/mol. The van der Waals surface area contributed by atoms with Gasteiger partial charge in [-0.15, -0.1) is 0 Å². The molecule has 0 aliphatic carbocycles. The molecule has 2 atom stereocenters. The van der Waals surface area contributed by atoms with Gasteiger partial charge in [0, 0.05) is 12.0 Å². The van der Waals surface area contributed by atoms with E-state index in [0.717, 1.165) is 6.07 Å². The highest BCUT2D eigenvalue weighted by atomic mass is 19.4. The molecule has 1 aromatic rings. The van der Waals surface area contributed by atoms with Crippen LogP contribution in [0.3, 0.4) is 0 Å². The number of carbonyl (C=O) groups is 1. The van der Waals surface area contributed by atoms with Crippen LogP contribution in [-0.4, -0.2) is 18.5 Å². The minimum Gasteiger partial charge on any atom is -0.325 e. The minimum atomic E-state index is -4.47. The first-order valence-electron chi connectivity index (χ1n) is 6.58. The van der Waals surface area contributed by atoms with E-state index in [0.29, 0.717) is 19.4 Å². The van der Waals surface area contributed by atoms with Gasteiger partial charge < -0.3 is 10.6 Å². The maximum absolute atomic E-state index is 12.8. The minimum absolute atomic E-state index is 0.170. The van der Waals surface area contributed by atoms with E-state index in [1.165, 1.54) is 18.2 Å². The number of hydrogen-bond acceptors (Lipinski definition) is 2. The Balaban J connectivity index is 2.12. The highest BCUT2D eigenvalue weighted by Crippen LogP contribution is 2.35. The molecule has 1 amide bonds. The van der Waals surface area contributed by atoms with E-state index in [-0.39, 0.29) is 23.6 Å². The molecule has 1 saturated heterocycles. The lowest BCUT2D eigenvalue weighted by Gasteiger charge is -2.27. The largest absolute Gasteiger partial charge is 0.418 e. The molecule has 1 aliphatic rings. The number of benzene rings is 1. The highest BCUT2D eigenvalue weighted by molar-refractivity contribution is 5.93. The van der Waals surface area contributed by atoms with Gasteiger partial charge in [0.25, 0.3) is 0 Å². The lowest BCUT2D eigenvalue weighted by atomic mass is 9.92. The lowest BCUT2D eigenvalue weighted by Crippen LogP contribution is -2.40. The highest BCUT2D eigenvalue weighted by Gasteiger charge is 2.34. The van der Waals surface area contributed by atoms with Gasteiger partial charge in [-0.05, 0) is 38.4 Å². The molecule has 0 saturated carbocycles. The Morgan fingerprint density at radius 1 is 1.35 bits per heavy atom. The van der Waals surface area contributed by atoms with E-state index < -0.39 is 11.7 Å². The van der Waals surface area contributed by atoms with Crippen molar-refractivity contribution in [1.29, 1.82) is 0 Å². The number of amides is 1. The fourth-order valence-electron chi connectivity index (χ4n) is 2.44. The zero-order valence-corrected chi connectivity index (χ0v) is 11.1. The predicted octanol–water partition coefficient (Wildman–Crippen LogP) is 3.03. The van der Waals surface area contributed by atoms with Gasteiger partial charge in [-0.3, -0.25) is 4.79 Å². The third-order valence-electron chi connectivity index (χ3n) is 3.48. The molecule has 20 heavy (non-hydrogen) atoms. The zero-order chi connectivity index (χ0) is 14.8. The van der Waals surface area contributed by atoms with Gasteiger partial charge in [0.1, 0.15) is 0 Å². The lowest BCUT2D eigenvalue weighted by molar-refractivity contribution is -0.137. The molecule has 0 spiro atoms. The molecule has 0 radical (unpaired) electrons. The molecule has 0 aromatic heterocycles. The normalized spacial score (nSPS) is 23.4. The SMILES string of the molecule is CC1CC(C(=O)Nc2ccccc2C(F)(F)F)CCN1. The number of para-hydroxylation sites is 1. The molecule has 3 nitrogen and oxygen atoms in total. The molecule has 2 N–H and O–H groups in total. The van der Waals surface area contributed by atoms with Crippen LogP contribution in [0.2, 0.25) is 0 Å². The third-order valence-corrected chi connectivity index (χ3v) is 3.48. The summed E-state index contributed by atoms with van der Waals surface area (Å²) < 4.78 is 38.5. The van der Waals surface area contributed by atoms with Gasteiger partial charge >= 0.3 is 6.18 Å². The monoisotopic (exact) mass is 286 g/mol. The van der Waals surface area contributed by atoms with Crippen molar-refractivity contribution < 1.29 is 18.0 Å². The quantitative estimate of drug-likeness (QED) is 0.877. The van der Waals surface area contributed by atoms with E-state index in [1.807, 2.05) is 6.92 Å². The van der Waals surface area contributed by atoms with E-state index in [9.17, 15) is 18.0 Å². The van der Waals surface area contributed by atoms with Gasteiger partial charge in [-0.1, -0.05) is 12.1 Å². The maximum Gasteiger partial charge on any atom is 0.418 e. The van der Waals surface area contributed by atoms with Crippen molar-refractivity contribution >= 4 is 11.6 Å². The van der Waals surface area contributed by atoms with Gasteiger partial charge in [0.15, 0.2) is 0 Å². The van der Waals surface area contributed by atoms with Crippen LogP contribution in [-0.2, 0) is 11.0 Å². The summed E-state index contributed by atoms with van der Waals surface area (Å²) in [5, 5.41) is 5.63. The molecular formula is C14H17F3N2O. The number of halogens is 3. The average Bonchev–Trinajstić information content (AvgIpc) is 2.38. The van der Waals surface area contributed by atoms with Crippen molar-refractivity contribution in [1.82, 2.24) is 5.32 Å². The van der Waals surface area contributed by atoms with Crippen molar-refractivity contribution in [3.63, 3.8) is 0 Å². The molecule has 6 heteroatoms. The van der Waals surface area contributed by atoms with Crippen molar-refractivity contribution in [3.8, 4) is 0 Å². The number of piperidine rings is 1. The third kappa shape index (κ3) is 3.50. The maximum atomic E-state index is 12.8. The number of carbonyl (C=O) groups excluding carboxylic acids is 1. The number of hydrogen-bond donors (Lipinski definition) is 2. The molecule has 1 aliphatic heterocycles. The molecule has 1 heterocycles. The first-order valence-corrected chi connectivity index (χ1v) is 6.58. The molecule has 2 unspecified atom stereocenters. The summed E-state index contributed by atoms with van der Waals surface area (Å²) in [4.78, 5) is 12.1. The summed E-state index contributed by atoms with van der Waals surface area (Å²) in [6.07, 6.45) is -3.18.